The maximum Gasteiger partial charge on any atom is 0.603 e. The van der Waals surface area contributed by atoms with Crippen molar-refractivity contribution >= 4 is 11.5 Å². The number of benzene rings is 1. The van der Waals surface area contributed by atoms with Gasteiger partial charge in [0.1, 0.15) is 11.3 Å². The highest BCUT2D eigenvalue weighted by atomic mass is 19.4. The average Bonchev–Trinajstić information content (AvgIpc) is 2.52. The van der Waals surface area contributed by atoms with Gasteiger partial charge in [-0.3, -0.25) is 0 Å². The molecule has 2 aromatic rings. The Balaban J connectivity index is 2.58. The Kier molecular flexibility index (Phi) is 4.88. The summed E-state index contributed by atoms with van der Waals surface area (Å²) in [6.45, 7) is 0. The number of alkyl halides is 3. The second kappa shape index (κ2) is 6.68. The highest BCUT2D eigenvalue weighted by molar-refractivity contribution is 5.94. The minimum Gasteiger partial charge on any atom is -0.496 e. The fourth-order valence-corrected chi connectivity index (χ4v) is 2.06. The van der Waals surface area contributed by atoms with Gasteiger partial charge in [-0.15, -0.1) is 13.2 Å². The lowest BCUT2D eigenvalue weighted by molar-refractivity contribution is -0.555. The van der Waals surface area contributed by atoms with Gasteiger partial charge in [0, 0.05) is 36.9 Å². The van der Waals surface area contributed by atoms with Crippen molar-refractivity contribution < 1.29 is 22.5 Å². The van der Waals surface area contributed by atoms with E-state index in [9.17, 15) is 13.2 Å². The van der Waals surface area contributed by atoms with Crippen LogP contribution in [0.15, 0.2) is 53.8 Å². The summed E-state index contributed by atoms with van der Waals surface area (Å²) in [6, 6.07) is 9.88. The predicted molar refractivity (Wildman–Crippen MR) is 81.9 cm³/mol. The molecule has 7 heteroatoms. The zero-order chi connectivity index (χ0) is 17.0. The van der Waals surface area contributed by atoms with E-state index in [0.29, 0.717) is 5.75 Å². The highest BCUT2D eigenvalue weighted by Crippen LogP contribution is 2.22. The van der Waals surface area contributed by atoms with Crippen LogP contribution >= 0.6 is 0 Å². The monoisotopic (exact) mass is 324 g/mol. The number of aliphatic imine (C=N–C) groups is 1. The lowest BCUT2D eigenvalue weighted by atomic mass is 10.1. The van der Waals surface area contributed by atoms with Gasteiger partial charge in [-0.2, -0.15) is 0 Å². The molecular formula is C16H17F3N3O+. The number of pyridine rings is 1. The molecule has 0 N–H and O–H groups in total. The van der Waals surface area contributed by atoms with E-state index in [4.69, 9.17) is 4.74 Å². The number of hydrogen-bond donors (Lipinski definition) is 0. The van der Waals surface area contributed by atoms with Crippen LogP contribution in [0, 0.1) is 0 Å². The van der Waals surface area contributed by atoms with E-state index in [2.05, 4.69) is 4.99 Å². The molecular weight excluding hydrogens is 307 g/mol. The van der Waals surface area contributed by atoms with Crippen LogP contribution < -0.4 is 14.2 Å². The van der Waals surface area contributed by atoms with Crippen molar-refractivity contribution in [3.8, 4) is 5.75 Å². The normalized spacial score (nSPS) is 12.2. The smallest absolute Gasteiger partial charge is 0.496 e. The number of halogens is 3. The Labute approximate surface area is 132 Å². The fourth-order valence-electron chi connectivity index (χ4n) is 2.06. The molecule has 0 amide bonds. The molecule has 0 spiro atoms. The van der Waals surface area contributed by atoms with Gasteiger partial charge in [-0.1, -0.05) is 12.1 Å². The van der Waals surface area contributed by atoms with Gasteiger partial charge < -0.3 is 9.64 Å². The van der Waals surface area contributed by atoms with E-state index in [-0.39, 0.29) is 11.4 Å². The summed E-state index contributed by atoms with van der Waals surface area (Å²) in [5, 5.41) is 0. The van der Waals surface area contributed by atoms with Crippen molar-refractivity contribution in [1.29, 1.82) is 0 Å². The largest absolute Gasteiger partial charge is 0.603 e. The van der Waals surface area contributed by atoms with Crippen LogP contribution in [-0.4, -0.2) is 33.3 Å². The number of para-hydroxylation sites is 1. The Morgan fingerprint density at radius 3 is 2.22 bits per heavy atom. The molecule has 4 nitrogen and oxygen atoms in total. The molecule has 23 heavy (non-hydrogen) atoms. The molecule has 0 aliphatic rings. The van der Waals surface area contributed by atoms with Crippen LogP contribution in [0.3, 0.4) is 0 Å². The SMILES string of the molecule is COc1ccccc1/C(=N\C(F)(F)F)[n+]1ccc(N(C)C)cc1. The zero-order valence-electron chi connectivity index (χ0n) is 13.0. The summed E-state index contributed by atoms with van der Waals surface area (Å²) >= 11 is 0. The van der Waals surface area contributed by atoms with Crippen LogP contribution in [0.4, 0.5) is 18.9 Å². The summed E-state index contributed by atoms with van der Waals surface area (Å²) in [5.74, 6) is 0.0694. The first-order valence-corrected chi connectivity index (χ1v) is 6.81. The van der Waals surface area contributed by atoms with Crippen LogP contribution in [-0.2, 0) is 0 Å². The summed E-state index contributed by atoms with van der Waals surface area (Å²) in [5.41, 5.74) is 1.13. The summed E-state index contributed by atoms with van der Waals surface area (Å²) < 4.78 is 45.1. The maximum atomic E-state index is 12.9. The van der Waals surface area contributed by atoms with E-state index in [1.807, 2.05) is 19.0 Å². The third kappa shape index (κ3) is 4.21. The molecule has 0 radical (unpaired) electrons. The number of rotatable bonds is 3. The lowest BCUT2D eigenvalue weighted by Crippen LogP contribution is -2.44. The molecule has 0 fully saturated rings. The van der Waals surface area contributed by atoms with Gasteiger partial charge in [0.15, 0.2) is 0 Å². The van der Waals surface area contributed by atoms with E-state index in [1.165, 1.54) is 30.1 Å². The highest BCUT2D eigenvalue weighted by Gasteiger charge is 2.38. The first kappa shape index (κ1) is 16.8. The number of nitrogens with zero attached hydrogens (tertiary/aromatic N) is 3. The van der Waals surface area contributed by atoms with E-state index in [1.54, 1.807) is 30.3 Å². The van der Waals surface area contributed by atoms with Crippen LogP contribution in [0.1, 0.15) is 5.56 Å². The molecule has 2 rings (SSSR count). The average molecular weight is 324 g/mol. The molecule has 0 unspecified atom stereocenters. The minimum absolute atomic E-state index is 0.250. The summed E-state index contributed by atoms with van der Waals surface area (Å²) in [4.78, 5) is 4.77. The van der Waals surface area contributed by atoms with Crippen LogP contribution in [0.25, 0.3) is 0 Å². The first-order valence-electron chi connectivity index (χ1n) is 6.81. The number of ether oxygens (including phenoxy) is 1. The third-order valence-electron chi connectivity index (χ3n) is 3.15. The lowest BCUT2D eigenvalue weighted by Gasteiger charge is -2.12. The zero-order valence-corrected chi connectivity index (χ0v) is 13.0. The van der Waals surface area contributed by atoms with Crippen molar-refractivity contribution in [2.24, 2.45) is 4.99 Å². The van der Waals surface area contributed by atoms with Gasteiger partial charge in [0.2, 0.25) is 0 Å². The molecule has 0 atom stereocenters. The molecule has 0 saturated heterocycles. The predicted octanol–water partition coefficient (Wildman–Crippen LogP) is 2.86. The molecule has 0 bridgehead atoms. The number of aromatic nitrogens is 1. The molecule has 0 aliphatic heterocycles. The van der Waals surface area contributed by atoms with Crippen molar-refractivity contribution in [2.75, 3.05) is 26.1 Å². The first-order chi connectivity index (χ1) is 10.8. The molecule has 1 aromatic heterocycles. The van der Waals surface area contributed by atoms with Gasteiger partial charge in [0.05, 0.1) is 19.5 Å². The quantitative estimate of drug-likeness (QED) is 0.376. The standard InChI is InChI=1S/C16H17F3N3O/c1-21(2)12-8-10-22(11-9-12)15(20-16(17,18)19)13-6-4-5-7-14(13)23-3/h4-11H,1-3H3/q+1/b20-15+. The fraction of sp³-hybridized carbons (Fsp3) is 0.250. The van der Waals surface area contributed by atoms with Gasteiger partial charge in [-0.25, -0.2) is 4.57 Å². The Hall–Kier alpha value is -2.57. The van der Waals surface area contributed by atoms with Crippen molar-refractivity contribution in [1.82, 2.24) is 0 Å². The Bertz CT molecular complexity index is 694. The second-order valence-corrected chi connectivity index (χ2v) is 4.96. The molecule has 0 aliphatic carbocycles. The second-order valence-electron chi connectivity index (χ2n) is 4.96. The van der Waals surface area contributed by atoms with Crippen molar-refractivity contribution in [2.45, 2.75) is 6.30 Å². The Morgan fingerprint density at radius 2 is 1.70 bits per heavy atom. The van der Waals surface area contributed by atoms with Gasteiger partial charge in [0.25, 0.3) is 0 Å². The van der Waals surface area contributed by atoms with Crippen molar-refractivity contribution in [3.63, 3.8) is 0 Å². The minimum atomic E-state index is -4.69. The molecule has 1 heterocycles. The molecule has 1 aromatic carbocycles. The Morgan fingerprint density at radius 1 is 1.09 bits per heavy atom. The van der Waals surface area contributed by atoms with Crippen molar-refractivity contribution in [3.05, 3.63) is 54.4 Å². The van der Waals surface area contributed by atoms with Gasteiger partial charge >= 0.3 is 12.1 Å². The maximum absolute atomic E-state index is 12.9. The van der Waals surface area contributed by atoms with Gasteiger partial charge in [-0.05, 0) is 12.1 Å². The van der Waals surface area contributed by atoms with E-state index >= 15 is 0 Å². The molecule has 122 valence electrons. The third-order valence-corrected chi connectivity index (χ3v) is 3.15. The summed E-state index contributed by atoms with van der Waals surface area (Å²) in [6.07, 6.45) is -1.62. The topological polar surface area (TPSA) is 28.7 Å². The van der Waals surface area contributed by atoms with E-state index < -0.39 is 6.30 Å². The number of hydrogen-bond acceptors (Lipinski definition) is 3. The van der Waals surface area contributed by atoms with E-state index in [0.717, 1.165) is 5.69 Å². The summed E-state index contributed by atoms with van der Waals surface area (Å²) in [7, 11) is 5.11. The number of anilines is 1. The van der Waals surface area contributed by atoms with Crippen LogP contribution in [0.2, 0.25) is 0 Å². The number of methoxy groups -OCH3 is 1. The van der Waals surface area contributed by atoms with Crippen LogP contribution in [0.5, 0.6) is 5.75 Å². The molecule has 0 saturated carbocycles.